The molecular formula is C108H115S5+5. The number of hydrogen-bond acceptors (Lipinski definition) is 0. The van der Waals surface area contributed by atoms with Gasteiger partial charge in [0.1, 0.15) is 0 Å². The number of unbranched alkanes of at least 4 members (excludes halogenated alkanes) is 3. The van der Waals surface area contributed by atoms with Crippen molar-refractivity contribution in [3.05, 3.63) is 452 Å². The first-order valence-corrected chi connectivity index (χ1v) is 44.9. The van der Waals surface area contributed by atoms with E-state index in [0.717, 1.165) is 5.56 Å². The summed E-state index contributed by atoms with van der Waals surface area (Å²) >= 11 is 0. The fourth-order valence-corrected chi connectivity index (χ4v) is 23.1. The number of hydrogen-bond donors (Lipinski definition) is 0. The van der Waals surface area contributed by atoms with Crippen molar-refractivity contribution in [3.8, 4) is 36.0 Å². The van der Waals surface area contributed by atoms with Crippen LogP contribution in [0.2, 0.25) is 0 Å². The highest BCUT2D eigenvalue weighted by Crippen LogP contribution is 2.37. The number of aryl methyl sites for hydroxylation is 4. The van der Waals surface area contributed by atoms with Crippen LogP contribution in [0.25, 0.3) is 0 Å². The quantitative estimate of drug-likeness (QED) is 0.0382. The van der Waals surface area contributed by atoms with Crippen molar-refractivity contribution in [3.63, 3.8) is 0 Å². The summed E-state index contributed by atoms with van der Waals surface area (Å²) in [7, 11) is -0.260. The summed E-state index contributed by atoms with van der Waals surface area (Å²) < 4.78 is 0. The number of benzene rings is 15. The Morgan fingerprint density at radius 3 is 0.823 bits per heavy atom. The van der Waals surface area contributed by atoms with Gasteiger partial charge in [-0.05, 0) is 262 Å². The SMILES string of the molecule is C#CC#CC#Cc1ccc([S+](c2ccccc2)c2ccccc2)cc1.CC(C)c1ccc([S+](c2ccccc2)c2ccccc2)cc1.CCCCCCc1ccc([S+](c2ccccc2)c2ccccc2)cc1.Cc1ccc([S+](c2ccccc2)c2ccc(C)cc2)cc1.Cc1ccccc1[S+](c1ccccc1)c1ccccc1.[HH].[HH].[HH].[HH].[HH].[HH].[HH].[HH]. The van der Waals surface area contributed by atoms with Crippen LogP contribution in [0.4, 0.5) is 0 Å². The normalized spacial score (nSPS) is 10.5. The van der Waals surface area contributed by atoms with E-state index in [0.29, 0.717) is 5.92 Å². The van der Waals surface area contributed by atoms with E-state index in [1.807, 2.05) is 24.3 Å². The largest absolute Gasteiger partial charge is 0.169 e. The molecule has 0 aliphatic heterocycles. The van der Waals surface area contributed by atoms with Crippen molar-refractivity contribution < 1.29 is 11.4 Å². The van der Waals surface area contributed by atoms with Gasteiger partial charge in [-0.15, -0.1) is 6.42 Å². The third kappa shape index (κ3) is 25.1. The molecule has 15 aromatic carbocycles. The van der Waals surface area contributed by atoms with E-state index < -0.39 is 0 Å². The molecular weight excluding hydrogens is 1460 g/mol. The average molecular weight is 1570 g/mol. The molecule has 0 aliphatic carbocycles. The van der Waals surface area contributed by atoms with Gasteiger partial charge in [-0.3, -0.25) is 0 Å². The molecule has 0 saturated carbocycles. The van der Waals surface area contributed by atoms with Crippen LogP contribution in [0.1, 0.15) is 97.2 Å². The molecule has 0 unspecified atom stereocenters. The Morgan fingerprint density at radius 2 is 0.531 bits per heavy atom. The molecule has 15 rings (SSSR count). The smallest absolute Gasteiger partial charge is 0.106 e. The average Bonchev–Trinajstić information content (AvgIpc) is 0.846. The Bertz CT molecular complexity index is 5230. The van der Waals surface area contributed by atoms with Crippen LogP contribution in [0.5, 0.6) is 0 Å². The zero-order valence-corrected chi connectivity index (χ0v) is 69.7. The van der Waals surface area contributed by atoms with Crippen molar-refractivity contribution in [1.82, 2.24) is 0 Å². The maximum atomic E-state index is 5.08. The molecule has 0 aromatic heterocycles. The second-order valence-corrected chi connectivity index (χ2v) is 37.2. The fraction of sp³-hybridized carbons (Fsp3) is 0.111. The highest BCUT2D eigenvalue weighted by atomic mass is 32.2. The fourth-order valence-electron chi connectivity index (χ4n) is 12.5. The van der Waals surface area contributed by atoms with Crippen LogP contribution in [-0.2, 0) is 60.9 Å². The van der Waals surface area contributed by atoms with E-state index in [2.05, 4.69) is 465 Å². The van der Waals surface area contributed by atoms with Crippen LogP contribution >= 0.6 is 0 Å². The molecule has 0 spiro atoms. The molecule has 0 bridgehead atoms. The minimum atomic E-state index is -0.134. The molecule has 15 aromatic rings. The van der Waals surface area contributed by atoms with Crippen LogP contribution in [0, 0.1) is 56.8 Å². The van der Waals surface area contributed by atoms with E-state index in [9.17, 15) is 0 Å². The maximum absolute atomic E-state index is 5.08. The lowest BCUT2D eigenvalue weighted by molar-refractivity contribution is 0.666. The Balaban J connectivity index is 0.000000385. The first-order valence-electron chi connectivity index (χ1n) is 38.7. The molecule has 0 amide bonds. The van der Waals surface area contributed by atoms with Crippen LogP contribution in [-0.4, -0.2) is 0 Å². The summed E-state index contributed by atoms with van der Waals surface area (Å²) in [6.45, 7) is 13.2. The van der Waals surface area contributed by atoms with Crippen LogP contribution in [0.3, 0.4) is 0 Å². The second kappa shape index (κ2) is 45.3. The van der Waals surface area contributed by atoms with E-state index in [-0.39, 0.29) is 65.9 Å². The van der Waals surface area contributed by atoms with Crippen molar-refractivity contribution in [2.75, 3.05) is 0 Å². The van der Waals surface area contributed by atoms with E-state index in [1.54, 1.807) is 0 Å². The third-order valence-electron chi connectivity index (χ3n) is 18.4. The topological polar surface area (TPSA) is 0 Å². The van der Waals surface area contributed by atoms with Crippen molar-refractivity contribution in [2.24, 2.45) is 0 Å². The molecule has 0 nitrogen and oxygen atoms in total. The highest BCUT2D eigenvalue weighted by Gasteiger charge is 2.33. The van der Waals surface area contributed by atoms with Gasteiger partial charge < -0.3 is 0 Å². The zero-order chi connectivity index (χ0) is 78.4. The maximum Gasteiger partial charge on any atom is 0.169 e. The van der Waals surface area contributed by atoms with Gasteiger partial charge in [0.25, 0.3) is 0 Å². The molecule has 5 heteroatoms. The van der Waals surface area contributed by atoms with Crippen molar-refractivity contribution in [1.29, 1.82) is 0 Å². The summed E-state index contributed by atoms with van der Waals surface area (Å²) in [5.41, 5.74) is 7.75. The van der Waals surface area contributed by atoms with Gasteiger partial charge in [-0.2, -0.15) is 0 Å². The minimum Gasteiger partial charge on any atom is -0.106 e. The molecule has 0 radical (unpaired) electrons. The van der Waals surface area contributed by atoms with Crippen molar-refractivity contribution in [2.45, 2.75) is 153 Å². The Morgan fingerprint density at radius 1 is 0.265 bits per heavy atom. The predicted molar refractivity (Wildman–Crippen MR) is 504 cm³/mol. The second-order valence-electron chi connectivity index (χ2n) is 27.1. The lowest BCUT2D eigenvalue weighted by Crippen LogP contribution is -2.06. The van der Waals surface area contributed by atoms with Gasteiger partial charge >= 0.3 is 0 Å². The summed E-state index contributed by atoms with van der Waals surface area (Å²) in [5.74, 6) is 13.7. The van der Waals surface area contributed by atoms with Gasteiger partial charge in [-0.25, -0.2) is 0 Å². The summed E-state index contributed by atoms with van der Waals surface area (Å²) in [6.07, 6.45) is 11.6. The lowest BCUT2D eigenvalue weighted by atomic mass is 10.0. The standard InChI is InChI=1S/C24H27S.C24H15S.C21H21S.C20H19S.C19H17S.8H2/c2*1-2-3-4-7-12-21-17-19-24(20-18-21)25(22-13-8-5-9-14-22)23-15-10-6-11-16-23;1-17(2)18-13-15-21(16-14-18)22(19-9-5-3-6-10-19)20-11-7-4-8-12-20;1-16-8-12-19(13-9-16)21(18-6-4-3-5-7-18)20-14-10-17(2)11-15-20;1-16-10-8-9-15-19(16)20(17-11-4-2-5-12-17)18-13-6-3-7-14-18;;;;;;;;/h5-6,8-11,13-20H,2-4,7,12H2,1H3;1,5-6,8-11,13-20H;3-17H,1-2H3;3-15H,1-2H3;2-15H,1H3;8*1H/q5*+1;;;;;;;;. The lowest BCUT2D eigenvalue weighted by Gasteiger charge is -2.09. The van der Waals surface area contributed by atoms with E-state index >= 15 is 0 Å². The van der Waals surface area contributed by atoms with E-state index in [1.165, 1.54) is 133 Å². The molecule has 0 N–H and O–H groups in total. The van der Waals surface area contributed by atoms with Gasteiger partial charge in [0.05, 0.1) is 54.5 Å². The van der Waals surface area contributed by atoms with Crippen molar-refractivity contribution >= 4 is 54.5 Å². The van der Waals surface area contributed by atoms with Gasteiger partial charge in [0, 0.05) is 22.5 Å². The molecule has 572 valence electrons. The van der Waals surface area contributed by atoms with Gasteiger partial charge in [-0.1, -0.05) is 288 Å². The first kappa shape index (κ1) is 82.7. The zero-order valence-electron chi connectivity index (χ0n) is 65.6. The number of rotatable bonds is 21. The Kier molecular flexibility index (Phi) is 33.1. The molecule has 113 heavy (non-hydrogen) atoms. The summed E-state index contributed by atoms with van der Waals surface area (Å²) in [5, 5.41) is 0. The van der Waals surface area contributed by atoms with Gasteiger partial charge in [0.2, 0.25) is 0 Å². The summed E-state index contributed by atoms with van der Waals surface area (Å²) in [4.78, 5) is 20.4. The van der Waals surface area contributed by atoms with Crippen LogP contribution < -0.4 is 0 Å². The number of terminal acetylenes is 1. The minimum absolute atomic E-state index is 0. The summed E-state index contributed by atoms with van der Waals surface area (Å²) in [6, 6.07) is 150. The predicted octanol–water partition coefficient (Wildman–Crippen LogP) is 30.0. The monoisotopic (exact) mass is 1570 g/mol. The van der Waals surface area contributed by atoms with Crippen LogP contribution in [0.15, 0.2) is 492 Å². The third-order valence-corrected chi connectivity index (χ3v) is 29.7. The van der Waals surface area contributed by atoms with Gasteiger partial charge in [0.15, 0.2) is 73.4 Å². The Hall–Kier alpha value is -11.3. The van der Waals surface area contributed by atoms with E-state index in [4.69, 9.17) is 6.42 Å². The molecule has 0 fully saturated rings. The molecule has 0 saturated heterocycles. The molecule has 0 heterocycles. The first-order chi connectivity index (χ1) is 55.6. The molecule has 0 atom stereocenters. The molecule has 0 aliphatic rings. The Labute approximate surface area is 701 Å². The highest BCUT2D eigenvalue weighted by molar-refractivity contribution is 7.98.